The maximum absolute atomic E-state index is 14.0. The van der Waals surface area contributed by atoms with Gasteiger partial charge < -0.3 is 10.2 Å². The fourth-order valence-electron chi connectivity index (χ4n) is 6.58. The predicted molar refractivity (Wildman–Crippen MR) is 83.8 cm³/mol. The van der Waals surface area contributed by atoms with E-state index in [4.69, 9.17) is 0 Å². The minimum atomic E-state index is -2.00. The molecule has 22 heavy (non-hydrogen) atoms. The topological polar surface area (TPSA) is 40.5 Å². The Morgan fingerprint density at radius 3 is 2.64 bits per heavy atom. The lowest BCUT2D eigenvalue weighted by Crippen LogP contribution is -2.52. The van der Waals surface area contributed by atoms with Crippen molar-refractivity contribution in [2.24, 2.45) is 28.6 Å². The van der Waals surface area contributed by atoms with Gasteiger partial charge >= 0.3 is 0 Å². The SMILES string of the molecule is C[C@]12CC[C@H]3[C@@H](CC=C4C[C@](O)(F)CC[C@@]43C)[C@@H]1CC[C@H]2O. The van der Waals surface area contributed by atoms with Crippen LogP contribution in [0.5, 0.6) is 0 Å². The minimum Gasteiger partial charge on any atom is -0.393 e. The number of alkyl halides is 1. The van der Waals surface area contributed by atoms with Crippen LogP contribution in [-0.4, -0.2) is 22.2 Å². The molecular weight excluding hydrogens is 279 g/mol. The number of fused-ring (bicyclic) bond motifs is 5. The van der Waals surface area contributed by atoms with Gasteiger partial charge in [-0.25, -0.2) is 4.39 Å². The van der Waals surface area contributed by atoms with E-state index in [1.54, 1.807) is 0 Å². The van der Waals surface area contributed by atoms with Crippen molar-refractivity contribution in [3.05, 3.63) is 11.6 Å². The first-order valence-electron chi connectivity index (χ1n) is 9.05. The normalized spacial score (nSPS) is 57.6. The average Bonchev–Trinajstić information content (AvgIpc) is 2.76. The second-order valence-electron chi connectivity index (χ2n) is 8.99. The van der Waals surface area contributed by atoms with E-state index in [9.17, 15) is 14.6 Å². The van der Waals surface area contributed by atoms with E-state index < -0.39 is 5.85 Å². The zero-order valence-corrected chi connectivity index (χ0v) is 13.8. The van der Waals surface area contributed by atoms with Crippen LogP contribution in [0, 0.1) is 28.6 Å². The van der Waals surface area contributed by atoms with Crippen molar-refractivity contribution < 1.29 is 14.6 Å². The maximum atomic E-state index is 14.0. The highest BCUT2D eigenvalue weighted by atomic mass is 19.2. The van der Waals surface area contributed by atoms with Crippen molar-refractivity contribution in [1.82, 2.24) is 0 Å². The molecule has 3 saturated carbocycles. The molecule has 4 aliphatic carbocycles. The number of aliphatic hydroxyl groups excluding tert-OH is 1. The van der Waals surface area contributed by atoms with Crippen molar-refractivity contribution in [2.75, 3.05) is 0 Å². The molecule has 0 amide bonds. The summed E-state index contributed by atoms with van der Waals surface area (Å²) in [7, 11) is 0. The monoisotopic (exact) mass is 308 g/mol. The van der Waals surface area contributed by atoms with Crippen LogP contribution >= 0.6 is 0 Å². The van der Waals surface area contributed by atoms with Crippen LogP contribution in [0.4, 0.5) is 4.39 Å². The summed E-state index contributed by atoms with van der Waals surface area (Å²) in [5.41, 5.74) is 1.32. The number of halogens is 1. The predicted octanol–water partition coefficient (Wildman–Crippen LogP) is 3.97. The fourth-order valence-corrected chi connectivity index (χ4v) is 6.58. The summed E-state index contributed by atoms with van der Waals surface area (Å²) in [6.45, 7) is 4.59. The van der Waals surface area contributed by atoms with Gasteiger partial charge in [0.2, 0.25) is 5.85 Å². The van der Waals surface area contributed by atoms with E-state index in [1.165, 1.54) is 0 Å². The van der Waals surface area contributed by atoms with Crippen molar-refractivity contribution in [3.63, 3.8) is 0 Å². The van der Waals surface area contributed by atoms with Crippen LogP contribution in [0.15, 0.2) is 11.6 Å². The Hall–Kier alpha value is -0.410. The highest BCUT2D eigenvalue weighted by Gasteiger charge is 2.59. The van der Waals surface area contributed by atoms with Crippen LogP contribution in [0.25, 0.3) is 0 Å². The minimum absolute atomic E-state index is 0.0656. The van der Waals surface area contributed by atoms with Gasteiger partial charge in [0.25, 0.3) is 0 Å². The molecule has 0 aromatic heterocycles. The first kappa shape index (κ1) is 15.1. The third kappa shape index (κ3) is 1.91. The fraction of sp³-hybridized carbons (Fsp3) is 0.895. The van der Waals surface area contributed by atoms with Crippen molar-refractivity contribution in [1.29, 1.82) is 0 Å². The van der Waals surface area contributed by atoms with E-state index >= 15 is 0 Å². The van der Waals surface area contributed by atoms with Gasteiger partial charge in [-0.2, -0.15) is 0 Å². The quantitative estimate of drug-likeness (QED) is 0.665. The summed E-state index contributed by atoms with van der Waals surface area (Å²) in [6.07, 6.45) is 8.69. The number of rotatable bonds is 0. The second kappa shape index (κ2) is 4.57. The molecule has 0 heterocycles. The molecule has 3 fully saturated rings. The molecule has 0 saturated heterocycles. The van der Waals surface area contributed by atoms with Crippen LogP contribution in [0.2, 0.25) is 0 Å². The van der Waals surface area contributed by atoms with E-state index in [2.05, 4.69) is 19.9 Å². The van der Waals surface area contributed by atoms with Gasteiger partial charge in [-0.3, -0.25) is 0 Å². The summed E-state index contributed by atoms with van der Waals surface area (Å²) >= 11 is 0. The van der Waals surface area contributed by atoms with Gasteiger partial charge in [-0.1, -0.05) is 25.5 Å². The molecule has 0 radical (unpaired) electrons. The standard InChI is InChI=1S/C19H29FO2/c1-17-9-10-19(20,22)11-12(17)3-4-13-14-5-6-16(21)18(14,2)8-7-15(13)17/h3,13-16,21-22H,4-11H2,1-2H3/t13-,14-,15-,16+,17-,18-,19-/m0/s1. The van der Waals surface area contributed by atoms with Gasteiger partial charge in [0, 0.05) is 12.8 Å². The van der Waals surface area contributed by atoms with Gasteiger partial charge in [-0.05, 0) is 67.1 Å². The lowest BCUT2D eigenvalue weighted by atomic mass is 9.48. The Labute approximate surface area is 132 Å². The molecule has 0 aromatic carbocycles. The summed E-state index contributed by atoms with van der Waals surface area (Å²) in [4.78, 5) is 0. The Balaban J connectivity index is 1.67. The van der Waals surface area contributed by atoms with Gasteiger partial charge in [-0.15, -0.1) is 0 Å². The number of hydrogen-bond donors (Lipinski definition) is 2. The van der Waals surface area contributed by atoms with E-state index in [1.807, 2.05) is 0 Å². The average molecular weight is 308 g/mol. The largest absolute Gasteiger partial charge is 0.393 e. The Morgan fingerprint density at radius 1 is 1.09 bits per heavy atom. The molecule has 4 aliphatic rings. The molecule has 0 unspecified atom stereocenters. The maximum Gasteiger partial charge on any atom is 0.210 e. The zero-order valence-electron chi connectivity index (χ0n) is 13.8. The zero-order chi connectivity index (χ0) is 15.8. The summed E-state index contributed by atoms with van der Waals surface area (Å²) in [5, 5.41) is 20.3. The third-order valence-corrected chi connectivity index (χ3v) is 8.06. The highest BCUT2D eigenvalue weighted by molar-refractivity contribution is 5.26. The molecule has 3 heteroatoms. The third-order valence-electron chi connectivity index (χ3n) is 8.06. The summed E-state index contributed by atoms with van der Waals surface area (Å²) in [6, 6.07) is 0. The molecule has 124 valence electrons. The first-order chi connectivity index (χ1) is 10.3. The summed E-state index contributed by atoms with van der Waals surface area (Å²) in [5.74, 6) is -0.144. The van der Waals surface area contributed by atoms with Crippen molar-refractivity contribution >= 4 is 0 Å². The van der Waals surface area contributed by atoms with E-state index in [0.717, 1.165) is 44.1 Å². The van der Waals surface area contributed by atoms with Crippen LogP contribution in [0.3, 0.4) is 0 Å². The Bertz CT molecular complexity index is 514. The Kier molecular flexibility index (Phi) is 3.14. The first-order valence-corrected chi connectivity index (χ1v) is 9.05. The van der Waals surface area contributed by atoms with E-state index in [-0.39, 0.29) is 29.8 Å². The second-order valence-corrected chi connectivity index (χ2v) is 8.99. The smallest absolute Gasteiger partial charge is 0.210 e. The highest BCUT2D eigenvalue weighted by Crippen LogP contribution is 2.65. The lowest BCUT2D eigenvalue weighted by Gasteiger charge is -2.58. The molecule has 0 spiro atoms. The number of aliphatic hydroxyl groups is 2. The van der Waals surface area contributed by atoms with Crippen LogP contribution in [0.1, 0.15) is 65.2 Å². The molecule has 7 atom stereocenters. The summed E-state index contributed by atoms with van der Waals surface area (Å²) < 4.78 is 14.0. The molecular formula is C19H29FO2. The lowest BCUT2D eigenvalue weighted by molar-refractivity contribution is -0.135. The van der Waals surface area contributed by atoms with Crippen LogP contribution < -0.4 is 0 Å². The molecule has 0 aromatic rings. The molecule has 0 bridgehead atoms. The molecule has 2 N–H and O–H groups in total. The number of allylic oxidation sites excluding steroid dienone is 1. The van der Waals surface area contributed by atoms with E-state index in [0.29, 0.717) is 17.8 Å². The van der Waals surface area contributed by atoms with Crippen LogP contribution in [-0.2, 0) is 0 Å². The van der Waals surface area contributed by atoms with Gasteiger partial charge in [0.05, 0.1) is 6.10 Å². The van der Waals surface area contributed by atoms with Gasteiger partial charge in [0.15, 0.2) is 0 Å². The molecule has 2 nitrogen and oxygen atoms in total. The Morgan fingerprint density at radius 2 is 1.86 bits per heavy atom. The van der Waals surface area contributed by atoms with Crippen molar-refractivity contribution in [2.45, 2.75) is 77.2 Å². The van der Waals surface area contributed by atoms with Crippen molar-refractivity contribution in [3.8, 4) is 0 Å². The molecule has 0 aliphatic heterocycles. The van der Waals surface area contributed by atoms with Gasteiger partial charge in [0.1, 0.15) is 0 Å². The molecule has 4 rings (SSSR count). The number of hydrogen-bond acceptors (Lipinski definition) is 2.